The van der Waals surface area contributed by atoms with Crippen LogP contribution in [0.5, 0.6) is 0 Å². The van der Waals surface area contributed by atoms with Crippen molar-refractivity contribution < 1.29 is 9.90 Å². The van der Waals surface area contributed by atoms with Gasteiger partial charge in [0.25, 0.3) is 0 Å². The molecule has 0 radical (unpaired) electrons. The summed E-state index contributed by atoms with van der Waals surface area (Å²) >= 11 is 1.53. The van der Waals surface area contributed by atoms with Crippen LogP contribution < -0.4 is 0 Å². The van der Waals surface area contributed by atoms with Crippen LogP contribution in [0.4, 0.5) is 0 Å². The summed E-state index contributed by atoms with van der Waals surface area (Å²) in [6.45, 7) is 0.674. The number of nitrogens with zero attached hydrogens (tertiary/aromatic N) is 2. The lowest BCUT2D eigenvalue weighted by atomic mass is 10.1. The molecule has 0 aliphatic rings. The van der Waals surface area contributed by atoms with Gasteiger partial charge in [-0.25, -0.2) is 9.78 Å². The van der Waals surface area contributed by atoms with Crippen LogP contribution in [-0.4, -0.2) is 20.6 Å². The summed E-state index contributed by atoms with van der Waals surface area (Å²) in [6.07, 6.45) is 3.81. The van der Waals surface area contributed by atoms with Crippen molar-refractivity contribution in [3.63, 3.8) is 0 Å². The summed E-state index contributed by atoms with van der Waals surface area (Å²) in [4.78, 5) is 16.7. The highest BCUT2D eigenvalue weighted by Gasteiger charge is 2.13. The second-order valence-electron chi connectivity index (χ2n) is 5.47. The Hall–Kier alpha value is -2.92. The lowest BCUT2D eigenvalue weighted by Gasteiger charge is -2.03. The Morgan fingerprint density at radius 2 is 1.88 bits per heavy atom. The average molecular weight is 334 g/mol. The largest absolute Gasteiger partial charge is 0.478 e. The SMILES string of the molecule is O=C(O)c1ccccc1-c1cnc(Cn2ccc3ccccc32)s1. The van der Waals surface area contributed by atoms with E-state index < -0.39 is 5.97 Å². The first-order chi connectivity index (χ1) is 11.7. The molecule has 2 aromatic carbocycles. The number of aromatic nitrogens is 2. The second-order valence-corrected chi connectivity index (χ2v) is 6.59. The van der Waals surface area contributed by atoms with Crippen LogP contribution in [0.1, 0.15) is 15.4 Å². The maximum Gasteiger partial charge on any atom is 0.336 e. The summed E-state index contributed by atoms with van der Waals surface area (Å²) in [5.74, 6) is -0.919. The first-order valence-electron chi connectivity index (χ1n) is 7.53. The number of fused-ring (bicyclic) bond motifs is 1. The van der Waals surface area contributed by atoms with E-state index in [0.717, 1.165) is 9.88 Å². The van der Waals surface area contributed by atoms with Crippen molar-refractivity contribution in [2.75, 3.05) is 0 Å². The molecule has 0 fully saturated rings. The fourth-order valence-corrected chi connectivity index (χ4v) is 3.77. The van der Waals surface area contributed by atoms with Gasteiger partial charge in [-0.1, -0.05) is 36.4 Å². The molecule has 0 saturated carbocycles. The molecule has 2 heterocycles. The number of carbonyl (C=O) groups is 1. The summed E-state index contributed by atoms with van der Waals surface area (Å²) in [6, 6.07) is 17.3. The van der Waals surface area contributed by atoms with Gasteiger partial charge < -0.3 is 9.67 Å². The first-order valence-corrected chi connectivity index (χ1v) is 8.35. The van der Waals surface area contributed by atoms with Gasteiger partial charge in [-0.2, -0.15) is 0 Å². The Morgan fingerprint density at radius 3 is 2.75 bits per heavy atom. The maximum absolute atomic E-state index is 11.4. The van der Waals surface area contributed by atoms with E-state index in [4.69, 9.17) is 0 Å². The van der Waals surface area contributed by atoms with E-state index in [9.17, 15) is 9.90 Å². The van der Waals surface area contributed by atoms with Gasteiger partial charge >= 0.3 is 5.97 Å². The highest BCUT2D eigenvalue weighted by Crippen LogP contribution is 2.30. The van der Waals surface area contributed by atoms with Crippen LogP contribution in [-0.2, 0) is 6.54 Å². The number of carboxylic acids is 1. The maximum atomic E-state index is 11.4. The molecule has 0 aliphatic heterocycles. The number of carboxylic acid groups (broad SMARTS) is 1. The molecule has 118 valence electrons. The molecule has 0 spiro atoms. The van der Waals surface area contributed by atoms with Gasteiger partial charge in [0, 0.05) is 23.5 Å². The van der Waals surface area contributed by atoms with E-state index in [1.165, 1.54) is 22.2 Å². The Labute approximate surface area is 142 Å². The first kappa shape index (κ1) is 14.7. The van der Waals surface area contributed by atoms with Crippen molar-refractivity contribution in [2.45, 2.75) is 6.54 Å². The number of hydrogen-bond acceptors (Lipinski definition) is 3. The molecule has 0 atom stereocenters. The average Bonchev–Trinajstić information content (AvgIpc) is 3.23. The summed E-state index contributed by atoms with van der Waals surface area (Å²) in [5.41, 5.74) is 2.19. The number of benzene rings is 2. The quantitative estimate of drug-likeness (QED) is 0.597. The van der Waals surface area contributed by atoms with Crippen molar-refractivity contribution in [1.29, 1.82) is 0 Å². The normalized spacial score (nSPS) is 11.0. The Kier molecular flexibility index (Phi) is 3.63. The van der Waals surface area contributed by atoms with Gasteiger partial charge in [0.1, 0.15) is 5.01 Å². The van der Waals surface area contributed by atoms with Crippen LogP contribution in [0.15, 0.2) is 67.0 Å². The van der Waals surface area contributed by atoms with E-state index in [1.54, 1.807) is 18.3 Å². The standard InChI is InChI=1S/C19H14N2O2S/c22-19(23)15-7-3-2-6-14(15)17-11-20-18(24-17)12-21-10-9-13-5-1-4-8-16(13)21/h1-11H,12H2,(H,22,23). The summed E-state index contributed by atoms with van der Waals surface area (Å²) in [7, 11) is 0. The van der Waals surface area contributed by atoms with Gasteiger partial charge in [0.15, 0.2) is 0 Å². The number of hydrogen-bond donors (Lipinski definition) is 1. The summed E-state index contributed by atoms with van der Waals surface area (Å²) in [5, 5.41) is 11.5. The predicted octanol–water partition coefficient (Wildman–Crippen LogP) is 4.51. The molecule has 24 heavy (non-hydrogen) atoms. The smallest absolute Gasteiger partial charge is 0.336 e. The minimum Gasteiger partial charge on any atom is -0.478 e. The second kappa shape index (κ2) is 5.94. The van der Waals surface area contributed by atoms with E-state index in [1.807, 2.05) is 24.3 Å². The highest BCUT2D eigenvalue weighted by atomic mass is 32.1. The van der Waals surface area contributed by atoms with E-state index in [-0.39, 0.29) is 0 Å². The molecule has 0 amide bonds. The van der Waals surface area contributed by atoms with E-state index >= 15 is 0 Å². The van der Waals surface area contributed by atoms with Gasteiger partial charge in [-0.3, -0.25) is 0 Å². The number of rotatable bonds is 4. The molecule has 1 N–H and O–H groups in total. The zero-order valence-electron chi connectivity index (χ0n) is 12.7. The predicted molar refractivity (Wildman–Crippen MR) is 95.5 cm³/mol. The van der Waals surface area contributed by atoms with Gasteiger partial charge in [0.2, 0.25) is 0 Å². The van der Waals surface area contributed by atoms with Crippen LogP contribution in [0, 0.1) is 0 Å². The van der Waals surface area contributed by atoms with Crippen LogP contribution >= 0.6 is 11.3 Å². The topological polar surface area (TPSA) is 55.1 Å². The van der Waals surface area contributed by atoms with E-state index in [0.29, 0.717) is 17.7 Å². The van der Waals surface area contributed by atoms with Crippen LogP contribution in [0.2, 0.25) is 0 Å². The van der Waals surface area contributed by atoms with E-state index in [2.05, 4.69) is 33.9 Å². The Bertz CT molecular complexity index is 1030. The van der Waals surface area contributed by atoms with Gasteiger partial charge in [0.05, 0.1) is 17.0 Å². The van der Waals surface area contributed by atoms with Crippen molar-refractivity contribution in [2.24, 2.45) is 0 Å². The van der Waals surface area contributed by atoms with Crippen LogP contribution in [0.3, 0.4) is 0 Å². The molecule has 4 aromatic rings. The fourth-order valence-electron chi connectivity index (χ4n) is 2.82. The number of thiazole rings is 1. The molecular formula is C19H14N2O2S. The minimum absolute atomic E-state index is 0.305. The molecule has 0 bridgehead atoms. The molecule has 4 nitrogen and oxygen atoms in total. The zero-order valence-corrected chi connectivity index (χ0v) is 13.5. The molecule has 5 heteroatoms. The number of aromatic carboxylic acids is 1. The third-order valence-electron chi connectivity index (χ3n) is 3.96. The van der Waals surface area contributed by atoms with Crippen LogP contribution in [0.25, 0.3) is 21.3 Å². The third-order valence-corrected chi connectivity index (χ3v) is 4.98. The van der Waals surface area contributed by atoms with Crippen molar-refractivity contribution in [1.82, 2.24) is 9.55 Å². The van der Waals surface area contributed by atoms with Crippen molar-refractivity contribution in [3.8, 4) is 10.4 Å². The number of para-hydroxylation sites is 1. The lowest BCUT2D eigenvalue weighted by molar-refractivity contribution is 0.0698. The Balaban J connectivity index is 1.67. The van der Waals surface area contributed by atoms with Crippen molar-refractivity contribution in [3.05, 3.63) is 77.6 Å². The molecule has 0 unspecified atom stereocenters. The van der Waals surface area contributed by atoms with Crippen molar-refractivity contribution >= 4 is 28.2 Å². The summed E-state index contributed by atoms with van der Waals surface area (Å²) < 4.78 is 2.15. The Morgan fingerprint density at radius 1 is 1.08 bits per heavy atom. The molecule has 0 aliphatic carbocycles. The fraction of sp³-hybridized carbons (Fsp3) is 0.0526. The lowest BCUT2D eigenvalue weighted by Crippen LogP contribution is -1.98. The molecule has 0 saturated heterocycles. The van der Waals surface area contributed by atoms with Gasteiger partial charge in [-0.15, -0.1) is 11.3 Å². The molecule has 4 rings (SSSR count). The molecular weight excluding hydrogens is 320 g/mol. The van der Waals surface area contributed by atoms with Gasteiger partial charge in [-0.05, 0) is 23.6 Å². The zero-order chi connectivity index (χ0) is 16.5. The molecule has 2 aromatic heterocycles. The third kappa shape index (κ3) is 2.59. The monoisotopic (exact) mass is 334 g/mol. The minimum atomic E-state index is -0.919. The highest BCUT2D eigenvalue weighted by molar-refractivity contribution is 7.15.